The van der Waals surface area contributed by atoms with Gasteiger partial charge in [-0.3, -0.25) is 4.79 Å². The fraction of sp³-hybridized carbons (Fsp3) is 0.400. The van der Waals surface area contributed by atoms with Gasteiger partial charge < -0.3 is 19.9 Å². The molecule has 4 rings (SSSR count). The number of aliphatic carboxylic acids is 1. The highest BCUT2D eigenvalue weighted by Gasteiger charge is 2.30. The number of ether oxygens (including phenoxy) is 2. The molecule has 2 aliphatic rings. The number of hydrogen-bond donors (Lipinski definition) is 2. The third kappa shape index (κ3) is 4.93. The van der Waals surface area contributed by atoms with Gasteiger partial charge in [-0.2, -0.15) is 0 Å². The van der Waals surface area contributed by atoms with Gasteiger partial charge in [-0.25, -0.2) is 9.59 Å². The minimum absolute atomic E-state index is 0.0682. The number of alkyl carbamates (subject to hydrolysis) is 1. The van der Waals surface area contributed by atoms with E-state index >= 15 is 0 Å². The van der Waals surface area contributed by atoms with Crippen LogP contribution in [0.15, 0.2) is 48.5 Å². The molecule has 1 atom stereocenters. The molecule has 2 aromatic rings. The lowest BCUT2D eigenvalue weighted by Crippen LogP contribution is -2.43. The lowest BCUT2D eigenvalue weighted by atomic mass is 9.98. The van der Waals surface area contributed by atoms with E-state index in [9.17, 15) is 19.5 Å². The van der Waals surface area contributed by atoms with Crippen LogP contribution in [0.2, 0.25) is 0 Å². The number of hydrogen-bond acceptors (Lipinski definition) is 5. The van der Waals surface area contributed by atoms with Crippen molar-refractivity contribution in [1.82, 2.24) is 5.32 Å². The zero-order valence-electron chi connectivity index (χ0n) is 17.8. The van der Waals surface area contributed by atoms with Gasteiger partial charge in [-0.15, -0.1) is 0 Å². The van der Waals surface area contributed by atoms with Crippen molar-refractivity contribution in [2.75, 3.05) is 6.61 Å². The first kappa shape index (κ1) is 21.9. The van der Waals surface area contributed by atoms with E-state index in [2.05, 4.69) is 5.32 Å². The molecule has 1 saturated carbocycles. The number of esters is 1. The van der Waals surface area contributed by atoms with Crippen LogP contribution in [0.5, 0.6) is 0 Å². The number of carboxylic acid groups (broad SMARTS) is 1. The average molecular weight is 437 g/mol. The van der Waals surface area contributed by atoms with Crippen LogP contribution in [0.1, 0.15) is 55.6 Å². The number of carbonyl (C=O) groups excluding carboxylic acids is 2. The first-order chi connectivity index (χ1) is 15.5. The van der Waals surface area contributed by atoms with Gasteiger partial charge in [0.15, 0.2) is 0 Å². The molecule has 1 fully saturated rings. The molecule has 0 heterocycles. The van der Waals surface area contributed by atoms with Crippen LogP contribution in [0.25, 0.3) is 11.1 Å². The summed E-state index contributed by atoms with van der Waals surface area (Å²) in [7, 11) is 0. The summed E-state index contributed by atoms with van der Waals surface area (Å²) in [4.78, 5) is 36.1. The molecule has 2 aromatic carbocycles. The molecule has 0 bridgehead atoms. The van der Waals surface area contributed by atoms with Gasteiger partial charge >= 0.3 is 18.0 Å². The van der Waals surface area contributed by atoms with Gasteiger partial charge in [0, 0.05) is 5.92 Å². The van der Waals surface area contributed by atoms with E-state index in [0.29, 0.717) is 0 Å². The highest BCUT2D eigenvalue weighted by molar-refractivity contribution is 5.85. The first-order valence-corrected chi connectivity index (χ1v) is 11.1. The Kier molecular flexibility index (Phi) is 6.73. The van der Waals surface area contributed by atoms with E-state index in [1.54, 1.807) is 0 Å². The van der Waals surface area contributed by atoms with Gasteiger partial charge in [0.05, 0.1) is 6.42 Å². The lowest BCUT2D eigenvalue weighted by Gasteiger charge is -2.23. The van der Waals surface area contributed by atoms with Crippen molar-refractivity contribution in [3.05, 3.63) is 59.7 Å². The molecule has 0 saturated heterocycles. The van der Waals surface area contributed by atoms with Crippen LogP contribution in [0, 0.1) is 0 Å². The highest BCUT2D eigenvalue weighted by atomic mass is 16.6. The zero-order valence-corrected chi connectivity index (χ0v) is 17.8. The summed E-state index contributed by atoms with van der Waals surface area (Å²) >= 11 is 0. The molecular formula is C25H27NO6. The SMILES string of the molecule is O=C(CC(NC(=O)OCC1c2ccccc2-c2ccccc21)C(=O)O)OC1CCCCC1. The van der Waals surface area contributed by atoms with Crippen molar-refractivity contribution in [3.63, 3.8) is 0 Å². The standard InChI is InChI=1S/C25H27NO6/c27-23(32-16-8-2-1-3-9-16)14-22(24(28)29)26-25(30)31-15-21-19-12-6-4-10-17(19)18-11-5-7-13-20(18)21/h4-7,10-13,16,21-22H,1-3,8-9,14-15H2,(H,26,30)(H,28,29). The van der Waals surface area contributed by atoms with Crippen molar-refractivity contribution in [3.8, 4) is 11.1 Å². The molecule has 168 valence electrons. The number of fused-ring (bicyclic) bond motifs is 3. The lowest BCUT2D eigenvalue weighted by molar-refractivity contribution is -0.154. The van der Waals surface area contributed by atoms with Gasteiger partial charge in [-0.05, 0) is 47.9 Å². The molecule has 0 aliphatic heterocycles. The second-order valence-electron chi connectivity index (χ2n) is 8.31. The molecule has 0 radical (unpaired) electrons. The third-order valence-corrected chi connectivity index (χ3v) is 6.15. The second-order valence-corrected chi connectivity index (χ2v) is 8.31. The number of benzene rings is 2. The van der Waals surface area contributed by atoms with Gasteiger partial charge in [0.25, 0.3) is 0 Å². The smallest absolute Gasteiger partial charge is 0.407 e. The molecule has 2 aliphatic carbocycles. The Labute approximate surface area is 186 Å². The van der Waals surface area contributed by atoms with Gasteiger partial charge in [0.1, 0.15) is 18.8 Å². The van der Waals surface area contributed by atoms with E-state index in [4.69, 9.17) is 9.47 Å². The molecule has 0 spiro atoms. The minimum atomic E-state index is -1.40. The van der Waals surface area contributed by atoms with Crippen molar-refractivity contribution >= 4 is 18.0 Å². The summed E-state index contributed by atoms with van der Waals surface area (Å²) < 4.78 is 10.8. The number of amides is 1. The maximum Gasteiger partial charge on any atom is 0.407 e. The topological polar surface area (TPSA) is 102 Å². The maximum atomic E-state index is 12.4. The zero-order chi connectivity index (χ0) is 22.5. The Morgan fingerprint density at radius 1 is 0.938 bits per heavy atom. The number of rotatable bonds is 7. The highest BCUT2D eigenvalue weighted by Crippen LogP contribution is 2.44. The molecule has 2 N–H and O–H groups in total. The van der Waals surface area contributed by atoms with Crippen molar-refractivity contribution in [2.24, 2.45) is 0 Å². The molecule has 1 amide bonds. The number of nitrogens with one attached hydrogen (secondary N) is 1. The van der Waals surface area contributed by atoms with E-state index in [1.807, 2.05) is 48.5 Å². The maximum absolute atomic E-state index is 12.4. The van der Waals surface area contributed by atoms with Crippen LogP contribution < -0.4 is 5.32 Å². The average Bonchev–Trinajstić information content (AvgIpc) is 3.11. The Hall–Kier alpha value is -3.35. The normalized spacial score (nSPS) is 16.5. The summed E-state index contributed by atoms with van der Waals surface area (Å²) in [6.07, 6.45) is 3.24. The Morgan fingerprint density at radius 3 is 2.12 bits per heavy atom. The number of carbonyl (C=O) groups is 3. The minimum Gasteiger partial charge on any atom is -0.480 e. The van der Waals surface area contributed by atoms with E-state index in [-0.39, 0.29) is 18.6 Å². The molecule has 32 heavy (non-hydrogen) atoms. The molecule has 7 nitrogen and oxygen atoms in total. The molecule has 7 heteroatoms. The molecular weight excluding hydrogens is 410 g/mol. The van der Waals surface area contributed by atoms with Gasteiger partial charge in [-0.1, -0.05) is 55.0 Å². The van der Waals surface area contributed by atoms with E-state index < -0.39 is 30.5 Å². The van der Waals surface area contributed by atoms with Crippen molar-refractivity contribution < 1.29 is 29.0 Å². The second kappa shape index (κ2) is 9.85. The van der Waals surface area contributed by atoms with E-state index in [1.165, 1.54) is 0 Å². The fourth-order valence-electron chi connectivity index (χ4n) is 4.57. The Bertz CT molecular complexity index is 952. The van der Waals surface area contributed by atoms with Crippen LogP contribution in [-0.4, -0.2) is 41.9 Å². The summed E-state index contributed by atoms with van der Waals surface area (Å²) in [5.74, 6) is -2.06. The summed E-state index contributed by atoms with van der Waals surface area (Å²) in [6, 6.07) is 14.5. The Morgan fingerprint density at radius 2 is 1.53 bits per heavy atom. The van der Waals surface area contributed by atoms with Crippen LogP contribution in [0.4, 0.5) is 4.79 Å². The fourth-order valence-corrected chi connectivity index (χ4v) is 4.57. The van der Waals surface area contributed by atoms with Gasteiger partial charge in [0.2, 0.25) is 0 Å². The Balaban J connectivity index is 1.34. The first-order valence-electron chi connectivity index (χ1n) is 11.1. The van der Waals surface area contributed by atoms with Crippen LogP contribution >= 0.6 is 0 Å². The van der Waals surface area contributed by atoms with Crippen LogP contribution in [-0.2, 0) is 19.1 Å². The third-order valence-electron chi connectivity index (χ3n) is 6.15. The quantitative estimate of drug-likeness (QED) is 0.628. The monoisotopic (exact) mass is 437 g/mol. The number of carboxylic acids is 1. The largest absolute Gasteiger partial charge is 0.480 e. The van der Waals surface area contributed by atoms with E-state index in [0.717, 1.165) is 54.4 Å². The van der Waals surface area contributed by atoms with Crippen LogP contribution in [0.3, 0.4) is 0 Å². The predicted octanol–water partition coefficient (Wildman–Crippen LogP) is 4.24. The predicted molar refractivity (Wildman–Crippen MR) is 117 cm³/mol. The van der Waals surface area contributed by atoms with Crippen molar-refractivity contribution in [1.29, 1.82) is 0 Å². The molecule has 0 aromatic heterocycles. The summed E-state index contributed by atoms with van der Waals surface area (Å²) in [6.45, 7) is 0.0682. The van der Waals surface area contributed by atoms with Crippen molar-refractivity contribution in [2.45, 2.75) is 56.6 Å². The summed E-state index contributed by atoms with van der Waals surface area (Å²) in [5, 5.41) is 11.7. The summed E-state index contributed by atoms with van der Waals surface area (Å²) in [5.41, 5.74) is 4.33. The molecule has 1 unspecified atom stereocenters.